The number of amides is 1. The van der Waals surface area contributed by atoms with Gasteiger partial charge < -0.3 is 5.32 Å². The molecule has 2 rings (SSSR count). The van der Waals surface area contributed by atoms with Gasteiger partial charge in [0, 0.05) is 12.6 Å². The highest BCUT2D eigenvalue weighted by molar-refractivity contribution is 5.97. The van der Waals surface area contributed by atoms with Crippen LogP contribution in [-0.2, 0) is 4.79 Å². The molecule has 2 aliphatic rings. The van der Waals surface area contributed by atoms with Crippen molar-refractivity contribution in [2.24, 2.45) is 23.7 Å². The van der Waals surface area contributed by atoms with Crippen molar-refractivity contribution < 1.29 is 4.79 Å². The van der Waals surface area contributed by atoms with Crippen LogP contribution in [0.5, 0.6) is 0 Å². The summed E-state index contributed by atoms with van der Waals surface area (Å²) in [5.41, 5.74) is 2.31. The molecule has 0 aromatic rings. The Balaban J connectivity index is 2.37. The summed E-state index contributed by atoms with van der Waals surface area (Å²) < 4.78 is 0. The maximum absolute atomic E-state index is 11.8. The lowest BCUT2D eigenvalue weighted by Crippen LogP contribution is -2.26. The molecule has 16 heavy (non-hydrogen) atoms. The van der Waals surface area contributed by atoms with E-state index in [9.17, 15) is 4.79 Å². The SMILES string of the molecule is CNC(=O)C1=C([C@H]2CC2C)C(C)C(C)C=C1. The zero-order valence-corrected chi connectivity index (χ0v) is 10.6. The van der Waals surface area contributed by atoms with Gasteiger partial charge in [-0.05, 0) is 30.1 Å². The lowest BCUT2D eigenvalue weighted by atomic mass is 9.78. The van der Waals surface area contributed by atoms with Gasteiger partial charge in [0.1, 0.15) is 0 Å². The molecule has 0 heterocycles. The lowest BCUT2D eigenvalue weighted by molar-refractivity contribution is -0.116. The molecule has 1 amide bonds. The Morgan fingerprint density at radius 3 is 2.50 bits per heavy atom. The van der Waals surface area contributed by atoms with Crippen LogP contribution in [0.2, 0.25) is 0 Å². The standard InChI is InChI=1S/C14H21NO/c1-8-5-6-11(14(16)15-4)13(10(8)3)12-7-9(12)2/h5-6,8-10,12H,7H2,1-4H3,(H,15,16)/t8?,9?,10?,12-/m0/s1. The fraction of sp³-hybridized carbons (Fsp3) is 0.643. The van der Waals surface area contributed by atoms with Crippen molar-refractivity contribution in [1.82, 2.24) is 5.32 Å². The van der Waals surface area contributed by atoms with Crippen LogP contribution >= 0.6 is 0 Å². The minimum Gasteiger partial charge on any atom is -0.355 e. The Hall–Kier alpha value is -1.05. The number of nitrogens with one attached hydrogen (secondary N) is 1. The fourth-order valence-corrected chi connectivity index (χ4v) is 2.67. The van der Waals surface area contributed by atoms with Crippen molar-refractivity contribution in [3.05, 3.63) is 23.3 Å². The highest BCUT2D eigenvalue weighted by Gasteiger charge is 2.41. The van der Waals surface area contributed by atoms with Gasteiger partial charge in [-0.3, -0.25) is 4.79 Å². The number of hydrogen-bond donors (Lipinski definition) is 1. The van der Waals surface area contributed by atoms with Gasteiger partial charge in [-0.2, -0.15) is 0 Å². The van der Waals surface area contributed by atoms with Gasteiger partial charge in [-0.1, -0.05) is 38.5 Å². The zero-order chi connectivity index (χ0) is 11.9. The predicted octanol–water partition coefficient (Wildman–Crippen LogP) is 2.53. The molecule has 3 unspecified atom stereocenters. The van der Waals surface area contributed by atoms with E-state index < -0.39 is 0 Å². The Morgan fingerprint density at radius 1 is 1.38 bits per heavy atom. The second-order valence-corrected chi connectivity index (χ2v) is 5.27. The molecule has 1 saturated carbocycles. The Bertz CT molecular complexity index is 367. The average Bonchev–Trinajstić information content (AvgIpc) is 2.98. The molecule has 0 radical (unpaired) electrons. The highest BCUT2D eigenvalue weighted by atomic mass is 16.1. The Labute approximate surface area is 97.8 Å². The number of likely N-dealkylation sites (N-methyl/N-ethyl adjacent to an activating group) is 1. The molecule has 0 aromatic heterocycles. The quantitative estimate of drug-likeness (QED) is 0.759. The molecule has 0 saturated heterocycles. The number of hydrogen-bond acceptors (Lipinski definition) is 1. The van der Waals surface area contributed by atoms with Crippen LogP contribution in [0.25, 0.3) is 0 Å². The summed E-state index contributed by atoms with van der Waals surface area (Å²) in [7, 11) is 1.71. The first kappa shape index (κ1) is 11.4. The second kappa shape index (κ2) is 4.08. The van der Waals surface area contributed by atoms with Crippen molar-refractivity contribution in [1.29, 1.82) is 0 Å². The van der Waals surface area contributed by atoms with Crippen molar-refractivity contribution in [3.63, 3.8) is 0 Å². The molecule has 0 aromatic carbocycles. The molecule has 2 heteroatoms. The van der Waals surface area contributed by atoms with E-state index >= 15 is 0 Å². The summed E-state index contributed by atoms with van der Waals surface area (Å²) in [5.74, 6) is 2.54. The van der Waals surface area contributed by atoms with E-state index in [2.05, 4.69) is 32.2 Å². The zero-order valence-electron chi connectivity index (χ0n) is 10.6. The van der Waals surface area contributed by atoms with Crippen molar-refractivity contribution in [2.75, 3.05) is 7.05 Å². The third-order valence-electron chi connectivity index (χ3n) is 4.14. The van der Waals surface area contributed by atoms with Crippen LogP contribution in [-0.4, -0.2) is 13.0 Å². The molecule has 88 valence electrons. The first-order valence-corrected chi connectivity index (χ1v) is 6.20. The van der Waals surface area contributed by atoms with Gasteiger partial charge in [0.15, 0.2) is 0 Å². The maximum atomic E-state index is 11.8. The molecule has 0 spiro atoms. The number of allylic oxidation sites excluding steroid dienone is 2. The maximum Gasteiger partial charge on any atom is 0.250 e. The summed E-state index contributed by atoms with van der Waals surface area (Å²) in [5, 5.41) is 2.75. The minimum absolute atomic E-state index is 0.0732. The molecule has 4 atom stereocenters. The molecular formula is C14H21NO. The Kier molecular flexibility index (Phi) is 2.92. The number of carbonyl (C=O) groups is 1. The predicted molar refractivity (Wildman–Crippen MR) is 65.8 cm³/mol. The van der Waals surface area contributed by atoms with E-state index in [1.54, 1.807) is 7.05 Å². The summed E-state index contributed by atoms with van der Waals surface area (Å²) in [6.45, 7) is 6.75. The molecule has 1 fully saturated rings. The van der Waals surface area contributed by atoms with E-state index in [1.165, 1.54) is 12.0 Å². The van der Waals surface area contributed by atoms with E-state index in [0.717, 1.165) is 11.5 Å². The van der Waals surface area contributed by atoms with Gasteiger partial charge in [-0.15, -0.1) is 0 Å². The van der Waals surface area contributed by atoms with Crippen molar-refractivity contribution in [3.8, 4) is 0 Å². The molecule has 0 aliphatic heterocycles. The molecular weight excluding hydrogens is 198 g/mol. The van der Waals surface area contributed by atoms with Crippen LogP contribution in [0.3, 0.4) is 0 Å². The minimum atomic E-state index is 0.0732. The summed E-state index contributed by atoms with van der Waals surface area (Å²) in [6, 6.07) is 0. The van der Waals surface area contributed by atoms with Gasteiger partial charge in [0.2, 0.25) is 0 Å². The number of carbonyl (C=O) groups excluding carboxylic acids is 1. The third kappa shape index (κ3) is 1.81. The molecule has 0 bridgehead atoms. The van der Waals surface area contributed by atoms with Crippen LogP contribution in [0.4, 0.5) is 0 Å². The first-order chi connectivity index (χ1) is 7.56. The summed E-state index contributed by atoms with van der Waals surface area (Å²) in [6.07, 6.45) is 5.43. The van der Waals surface area contributed by atoms with Gasteiger partial charge in [0.25, 0.3) is 5.91 Å². The number of rotatable bonds is 2. The van der Waals surface area contributed by atoms with Crippen LogP contribution in [0.1, 0.15) is 27.2 Å². The molecule has 2 nitrogen and oxygen atoms in total. The smallest absolute Gasteiger partial charge is 0.250 e. The summed E-state index contributed by atoms with van der Waals surface area (Å²) >= 11 is 0. The second-order valence-electron chi connectivity index (χ2n) is 5.27. The lowest BCUT2D eigenvalue weighted by Gasteiger charge is -2.27. The normalized spacial score (nSPS) is 37.5. The monoisotopic (exact) mass is 219 g/mol. The van der Waals surface area contributed by atoms with Crippen LogP contribution in [0, 0.1) is 23.7 Å². The molecule has 1 N–H and O–H groups in total. The topological polar surface area (TPSA) is 29.1 Å². The van der Waals surface area contributed by atoms with Crippen LogP contribution < -0.4 is 5.32 Å². The average molecular weight is 219 g/mol. The van der Waals surface area contributed by atoms with E-state index in [-0.39, 0.29) is 5.91 Å². The van der Waals surface area contributed by atoms with E-state index in [0.29, 0.717) is 17.8 Å². The van der Waals surface area contributed by atoms with Gasteiger partial charge in [-0.25, -0.2) is 0 Å². The van der Waals surface area contributed by atoms with E-state index in [4.69, 9.17) is 0 Å². The fourth-order valence-electron chi connectivity index (χ4n) is 2.67. The summed E-state index contributed by atoms with van der Waals surface area (Å²) in [4.78, 5) is 11.8. The van der Waals surface area contributed by atoms with E-state index in [1.807, 2.05) is 6.08 Å². The third-order valence-corrected chi connectivity index (χ3v) is 4.14. The van der Waals surface area contributed by atoms with Crippen LogP contribution in [0.15, 0.2) is 23.3 Å². The van der Waals surface area contributed by atoms with Gasteiger partial charge >= 0.3 is 0 Å². The first-order valence-electron chi connectivity index (χ1n) is 6.20. The Morgan fingerprint density at radius 2 is 2.00 bits per heavy atom. The van der Waals surface area contributed by atoms with Crippen molar-refractivity contribution >= 4 is 5.91 Å². The van der Waals surface area contributed by atoms with Gasteiger partial charge in [0.05, 0.1) is 0 Å². The largest absolute Gasteiger partial charge is 0.355 e. The van der Waals surface area contributed by atoms with Crippen molar-refractivity contribution in [2.45, 2.75) is 27.2 Å². The molecule has 2 aliphatic carbocycles. The highest BCUT2D eigenvalue weighted by Crippen LogP contribution is 2.50.